The van der Waals surface area contributed by atoms with Gasteiger partial charge in [-0.05, 0) is 58.9 Å². The summed E-state index contributed by atoms with van der Waals surface area (Å²) >= 11 is 1.61. The van der Waals surface area contributed by atoms with Gasteiger partial charge in [0.25, 0.3) is 0 Å². The zero-order valence-electron chi connectivity index (χ0n) is 22.9. The average Bonchev–Trinajstić information content (AvgIpc) is 3.38. The van der Waals surface area contributed by atoms with E-state index in [0.717, 1.165) is 53.2 Å². The average molecular weight is 527 g/mol. The number of unbranched alkanes of at least 4 members (excludes halogenated alkanes) is 2. The first-order valence-electron chi connectivity index (χ1n) is 13.9. The number of Topliss-reactive ketones (excluding diaryl/α,β-unsaturated/α-hetero) is 1. The molecular formula is C33H38N2O2S. The van der Waals surface area contributed by atoms with E-state index in [-0.39, 0.29) is 23.0 Å². The van der Waals surface area contributed by atoms with E-state index in [2.05, 4.69) is 63.3 Å². The normalized spacial score (nSPS) is 19.5. The summed E-state index contributed by atoms with van der Waals surface area (Å²) in [5, 5.41) is 5.67. The Labute approximate surface area is 230 Å². The van der Waals surface area contributed by atoms with Gasteiger partial charge in [-0.15, -0.1) is 11.3 Å². The van der Waals surface area contributed by atoms with Gasteiger partial charge < -0.3 is 5.32 Å². The van der Waals surface area contributed by atoms with Crippen LogP contribution in [0.5, 0.6) is 0 Å². The van der Waals surface area contributed by atoms with Crippen molar-refractivity contribution >= 4 is 34.4 Å². The zero-order chi connectivity index (χ0) is 26.9. The fraction of sp³-hybridized carbons (Fsp3) is 0.394. The van der Waals surface area contributed by atoms with Gasteiger partial charge in [0, 0.05) is 29.0 Å². The highest BCUT2D eigenvalue weighted by atomic mass is 32.1. The summed E-state index contributed by atoms with van der Waals surface area (Å²) in [5.74, 6) is 0.305. The molecule has 5 rings (SSSR count). The molecule has 2 aromatic carbocycles. The predicted octanol–water partition coefficient (Wildman–Crippen LogP) is 8.53. The molecule has 0 saturated carbocycles. The third kappa shape index (κ3) is 5.22. The van der Waals surface area contributed by atoms with Gasteiger partial charge >= 0.3 is 0 Å². The van der Waals surface area contributed by atoms with Crippen LogP contribution in [0.3, 0.4) is 0 Å². The largest absolute Gasteiger partial charge is 0.357 e. The number of carbonyl (C=O) groups excluding carboxylic acids is 2. The Morgan fingerprint density at radius 2 is 1.76 bits per heavy atom. The molecule has 0 unspecified atom stereocenters. The molecule has 0 fully saturated rings. The Bertz CT molecular complexity index is 1330. The SMILES string of the molecule is CCCCCC(=O)N1c2ccccc2NC2=C(C(=O)C[C@@H](c3ccc(C(C)(C)C)cc3)C2)[C@H]1c1cccs1. The fourth-order valence-corrected chi connectivity index (χ4v) is 6.54. The van der Waals surface area contributed by atoms with Gasteiger partial charge in [-0.2, -0.15) is 0 Å². The summed E-state index contributed by atoms with van der Waals surface area (Å²) in [5.41, 5.74) is 6.00. The van der Waals surface area contributed by atoms with Crippen molar-refractivity contribution < 1.29 is 9.59 Å². The standard InChI is InChI=1S/C33H38N2O2S/c1-5-6-7-14-30(37)35-27-12-9-8-11-25(27)34-26-20-23(22-15-17-24(18-16-22)33(2,3)4)21-28(36)31(26)32(35)29-13-10-19-38-29/h8-13,15-19,23,32,34H,5-7,14,20-21H2,1-4H3/t23-,32+/m0/s1. The summed E-state index contributed by atoms with van der Waals surface area (Å²) in [4.78, 5) is 30.8. The maximum atomic E-state index is 14.0. The van der Waals surface area contributed by atoms with Crippen molar-refractivity contribution in [1.29, 1.82) is 0 Å². The van der Waals surface area contributed by atoms with Gasteiger partial charge in [0.1, 0.15) is 6.04 Å². The van der Waals surface area contributed by atoms with Gasteiger partial charge in [0.2, 0.25) is 5.91 Å². The lowest BCUT2D eigenvalue weighted by Crippen LogP contribution is -2.38. The van der Waals surface area contributed by atoms with Crippen LogP contribution in [0.15, 0.2) is 77.3 Å². The summed E-state index contributed by atoms with van der Waals surface area (Å²) in [7, 11) is 0. The molecule has 1 aliphatic carbocycles. The molecule has 2 atom stereocenters. The van der Waals surface area contributed by atoms with E-state index in [9.17, 15) is 9.59 Å². The summed E-state index contributed by atoms with van der Waals surface area (Å²) < 4.78 is 0. The van der Waals surface area contributed by atoms with E-state index in [1.807, 2.05) is 40.6 Å². The Balaban J connectivity index is 1.58. The molecule has 1 N–H and O–H groups in total. The van der Waals surface area contributed by atoms with Gasteiger partial charge in [-0.25, -0.2) is 0 Å². The number of para-hydroxylation sites is 2. The molecule has 1 aliphatic heterocycles. The Morgan fingerprint density at radius 1 is 1.00 bits per heavy atom. The Morgan fingerprint density at radius 3 is 2.45 bits per heavy atom. The number of anilines is 2. The molecule has 4 nitrogen and oxygen atoms in total. The molecule has 3 aromatic rings. The minimum absolute atomic E-state index is 0.0764. The highest BCUT2D eigenvalue weighted by Crippen LogP contribution is 2.48. The number of rotatable bonds is 6. The molecule has 1 amide bonds. The van der Waals surface area contributed by atoms with Crippen LogP contribution in [-0.4, -0.2) is 11.7 Å². The molecule has 2 heterocycles. The first kappa shape index (κ1) is 26.4. The number of thiophene rings is 1. The van der Waals surface area contributed by atoms with Gasteiger partial charge in [-0.3, -0.25) is 14.5 Å². The minimum atomic E-state index is -0.410. The topological polar surface area (TPSA) is 49.4 Å². The monoisotopic (exact) mass is 526 g/mol. The summed E-state index contributed by atoms with van der Waals surface area (Å²) in [6.45, 7) is 8.80. The van der Waals surface area contributed by atoms with E-state index in [4.69, 9.17) is 0 Å². The maximum absolute atomic E-state index is 14.0. The summed E-state index contributed by atoms with van der Waals surface area (Å²) in [6, 6.07) is 20.4. The second-order valence-electron chi connectivity index (χ2n) is 11.6. The van der Waals surface area contributed by atoms with E-state index in [0.29, 0.717) is 12.8 Å². The van der Waals surface area contributed by atoms with E-state index in [1.54, 1.807) is 11.3 Å². The first-order chi connectivity index (χ1) is 18.3. The molecule has 2 aliphatic rings. The first-order valence-corrected chi connectivity index (χ1v) is 14.7. The molecule has 0 radical (unpaired) electrons. The maximum Gasteiger partial charge on any atom is 0.227 e. The fourth-order valence-electron chi connectivity index (χ4n) is 5.72. The van der Waals surface area contributed by atoms with Crippen LogP contribution in [0.1, 0.15) is 94.2 Å². The third-order valence-electron chi connectivity index (χ3n) is 7.81. The number of nitrogens with one attached hydrogen (secondary N) is 1. The van der Waals surface area contributed by atoms with Gasteiger partial charge in [0.15, 0.2) is 5.78 Å². The summed E-state index contributed by atoms with van der Waals surface area (Å²) in [6.07, 6.45) is 4.60. The van der Waals surface area contributed by atoms with Crippen LogP contribution in [0.25, 0.3) is 0 Å². The van der Waals surface area contributed by atoms with E-state index < -0.39 is 6.04 Å². The number of carbonyl (C=O) groups is 2. The molecule has 0 bridgehead atoms. The third-order valence-corrected chi connectivity index (χ3v) is 8.74. The number of ketones is 1. The number of amides is 1. The highest BCUT2D eigenvalue weighted by Gasteiger charge is 2.41. The number of nitrogens with zero attached hydrogens (tertiary/aromatic N) is 1. The van der Waals surface area contributed by atoms with E-state index >= 15 is 0 Å². The number of hydrogen-bond acceptors (Lipinski definition) is 4. The van der Waals surface area contributed by atoms with Crippen LogP contribution in [-0.2, 0) is 15.0 Å². The molecule has 0 spiro atoms. The lowest BCUT2D eigenvalue weighted by Gasteiger charge is -2.34. The quantitative estimate of drug-likeness (QED) is 0.328. The Hall–Kier alpha value is -3.18. The number of benzene rings is 2. The van der Waals surface area contributed by atoms with Crippen LogP contribution in [0, 0.1) is 0 Å². The molecule has 38 heavy (non-hydrogen) atoms. The van der Waals surface area contributed by atoms with E-state index in [1.165, 1.54) is 11.1 Å². The molecule has 198 valence electrons. The van der Waals surface area contributed by atoms with Crippen LogP contribution in [0.2, 0.25) is 0 Å². The predicted molar refractivity (Wildman–Crippen MR) is 158 cm³/mol. The number of allylic oxidation sites excluding steroid dienone is 1. The van der Waals surface area contributed by atoms with Crippen molar-refractivity contribution in [2.24, 2.45) is 0 Å². The zero-order valence-corrected chi connectivity index (χ0v) is 23.7. The second-order valence-corrected chi connectivity index (χ2v) is 12.6. The number of hydrogen-bond donors (Lipinski definition) is 1. The van der Waals surface area contributed by atoms with Crippen LogP contribution < -0.4 is 10.2 Å². The molecular weight excluding hydrogens is 488 g/mol. The highest BCUT2D eigenvalue weighted by molar-refractivity contribution is 7.10. The van der Waals surface area contributed by atoms with Crippen molar-refractivity contribution in [3.63, 3.8) is 0 Å². The van der Waals surface area contributed by atoms with Gasteiger partial charge in [-0.1, -0.05) is 83.0 Å². The minimum Gasteiger partial charge on any atom is -0.357 e. The molecule has 0 saturated heterocycles. The van der Waals surface area contributed by atoms with Crippen molar-refractivity contribution in [3.05, 3.63) is 93.3 Å². The lowest BCUT2D eigenvalue weighted by atomic mass is 9.78. The Kier molecular flexibility index (Phi) is 7.58. The van der Waals surface area contributed by atoms with Crippen molar-refractivity contribution in [2.45, 2.75) is 83.6 Å². The lowest BCUT2D eigenvalue weighted by molar-refractivity contribution is -0.119. The van der Waals surface area contributed by atoms with Crippen LogP contribution >= 0.6 is 11.3 Å². The van der Waals surface area contributed by atoms with Crippen LogP contribution in [0.4, 0.5) is 11.4 Å². The second kappa shape index (κ2) is 10.9. The smallest absolute Gasteiger partial charge is 0.227 e. The number of fused-ring (bicyclic) bond motifs is 1. The molecule has 5 heteroatoms. The van der Waals surface area contributed by atoms with Gasteiger partial charge in [0.05, 0.1) is 11.4 Å². The van der Waals surface area contributed by atoms with Crippen molar-refractivity contribution in [1.82, 2.24) is 0 Å². The molecule has 1 aromatic heterocycles. The van der Waals surface area contributed by atoms with Crippen molar-refractivity contribution in [2.75, 3.05) is 10.2 Å². The van der Waals surface area contributed by atoms with Crippen molar-refractivity contribution in [3.8, 4) is 0 Å².